The highest BCUT2D eigenvalue weighted by atomic mass is 35.5. The Hall–Kier alpha value is 0.320. The molecule has 1 unspecified atom stereocenters. The molecule has 0 saturated heterocycles. The molecule has 5 heavy (non-hydrogen) atoms. The fourth-order valence-electron chi connectivity index (χ4n) is 0.0794. The van der Waals surface area contributed by atoms with E-state index in [9.17, 15) is 0 Å². The van der Waals surface area contributed by atoms with Crippen molar-refractivity contribution in [1.82, 2.24) is 0 Å². The van der Waals surface area contributed by atoms with E-state index in [1.165, 1.54) is 0 Å². The lowest BCUT2D eigenvalue weighted by Crippen LogP contribution is -1.58. The highest BCUT2D eigenvalue weighted by Gasteiger charge is 2.18. The second-order valence-electron chi connectivity index (χ2n) is 0.855. The SMILES string of the molecule is ClC1=[C]C1Cl. The van der Waals surface area contributed by atoms with Crippen molar-refractivity contribution in [3.63, 3.8) is 0 Å². The van der Waals surface area contributed by atoms with Gasteiger partial charge in [-0.1, -0.05) is 11.6 Å². The summed E-state index contributed by atoms with van der Waals surface area (Å²) in [6.07, 6.45) is 2.64. The van der Waals surface area contributed by atoms with Gasteiger partial charge < -0.3 is 0 Å². The van der Waals surface area contributed by atoms with Gasteiger partial charge in [-0.2, -0.15) is 0 Å². The molecule has 0 nitrogen and oxygen atoms in total. The third-order valence-corrected chi connectivity index (χ3v) is 1.17. The van der Waals surface area contributed by atoms with E-state index in [2.05, 4.69) is 6.08 Å². The van der Waals surface area contributed by atoms with Crippen molar-refractivity contribution in [2.24, 2.45) is 0 Å². The molecule has 1 aliphatic carbocycles. The summed E-state index contributed by atoms with van der Waals surface area (Å²) < 4.78 is 0. The summed E-state index contributed by atoms with van der Waals surface area (Å²) in [6.45, 7) is 0. The van der Waals surface area contributed by atoms with Crippen molar-refractivity contribution in [3.05, 3.63) is 11.1 Å². The second kappa shape index (κ2) is 0.889. The molecule has 0 bridgehead atoms. The molecular weight excluding hydrogens is 107 g/mol. The maximum Gasteiger partial charge on any atom is 0.0960 e. The average Bonchev–Trinajstić information content (AvgIpc) is 1.79. The Morgan fingerprint density at radius 1 is 1.80 bits per heavy atom. The summed E-state index contributed by atoms with van der Waals surface area (Å²) >= 11 is 10.5. The molecule has 0 amide bonds. The molecule has 0 aromatic rings. The van der Waals surface area contributed by atoms with Gasteiger partial charge in [0.15, 0.2) is 0 Å². The van der Waals surface area contributed by atoms with E-state index in [0.717, 1.165) is 0 Å². The first kappa shape index (κ1) is 3.51. The third-order valence-electron chi connectivity index (χ3n) is 0.404. The molecule has 0 N–H and O–H groups in total. The molecule has 0 spiro atoms. The third kappa shape index (κ3) is 0.582. The van der Waals surface area contributed by atoms with Crippen molar-refractivity contribution in [2.75, 3.05) is 0 Å². The number of hydrogen-bond donors (Lipinski definition) is 0. The van der Waals surface area contributed by atoms with Crippen molar-refractivity contribution < 1.29 is 0 Å². The van der Waals surface area contributed by atoms with Crippen molar-refractivity contribution in [1.29, 1.82) is 0 Å². The van der Waals surface area contributed by atoms with Crippen LogP contribution in [-0.4, -0.2) is 5.38 Å². The van der Waals surface area contributed by atoms with Crippen LogP contribution >= 0.6 is 23.2 Å². The van der Waals surface area contributed by atoms with Gasteiger partial charge in [-0.05, 0) is 6.08 Å². The average molecular weight is 108 g/mol. The quantitative estimate of drug-likeness (QED) is 0.413. The Kier molecular flexibility index (Phi) is 0.623. The largest absolute Gasteiger partial charge is 0.112 e. The Balaban J connectivity index is 2.38. The van der Waals surface area contributed by atoms with Gasteiger partial charge in [-0.3, -0.25) is 0 Å². The summed E-state index contributed by atoms with van der Waals surface area (Å²) in [6, 6.07) is 0. The zero-order chi connectivity index (χ0) is 3.86. The van der Waals surface area contributed by atoms with E-state index in [1.807, 2.05) is 0 Å². The van der Waals surface area contributed by atoms with E-state index in [1.54, 1.807) is 0 Å². The highest BCUT2D eigenvalue weighted by Crippen LogP contribution is 2.27. The molecule has 1 radical (unpaired) electrons. The molecule has 0 saturated carbocycles. The lowest BCUT2D eigenvalue weighted by molar-refractivity contribution is 1.64. The van der Waals surface area contributed by atoms with Crippen LogP contribution in [0.25, 0.3) is 0 Å². The van der Waals surface area contributed by atoms with Crippen LogP contribution in [-0.2, 0) is 0 Å². The van der Waals surface area contributed by atoms with Crippen LogP contribution in [0.5, 0.6) is 0 Å². The van der Waals surface area contributed by atoms with E-state index < -0.39 is 0 Å². The number of rotatable bonds is 0. The molecule has 0 heterocycles. The predicted octanol–water partition coefficient (Wildman–Crippen LogP) is 1.53. The molecule has 1 rings (SSSR count). The fraction of sp³-hybridized carbons (Fsp3) is 0.333. The summed E-state index contributed by atoms with van der Waals surface area (Å²) in [5.41, 5.74) is 0. The van der Waals surface area contributed by atoms with Crippen molar-refractivity contribution >= 4 is 23.2 Å². The van der Waals surface area contributed by atoms with Gasteiger partial charge in [0, 0.05) is 5.03 Å². The van der Waals surface area contributed by atoms with E-state index in [-0.39, 0.29) is 5.38 Å². The van der Waals surface area contributed by atoms with Gasteiger partial charge in [0.05, 0.1) is 5.38 Å². The first-order chi connectivity index (χ1) is 2.30. The van der Waals surface area contributed by atoms with Crippen LogP contribution < -0.4 is 0 Å². The minimum Gasteiger partial charge on any atom is -0.112 e. The number of halogens is 2. The van der Waals surface area contributed by atoms with Gasteiger partial charge in [-0.15, -0.1) is 11.6 Å². The van der Waals surface area contributed by atoms with Crippen molar-refractivity contribution in [2.45, 2.75) is 5.38 Å². The Morgan fingerprint density at radius 3 is 2.00 bits per heavy atom. The lowest BCUT2D eigenvalue weighted by Gasteiger charge is -1.63. The maximum atomic E-state index is 5.26. The minimum absolute atomic E-state index is 0.0448. The smallest absolute Gasteiger partial charge is 0.0960 e. The lowest BCUT2D eigenvalue weighted by atomic mass is 10.9. The van der Waals surface area contributed by atoms with Gasteiger partial charge in [0.2, 0.25) is 0 Å². The van der Waals surface area contributed by atoms with Crippen LogP contribution in [0.3, 0.4) is 0 Å². The van der Waals surface area contributed by atoms with Crippen LogP contribution in [0.2, 0.25) is 0 Å². The second-order valence-corrected chi connectivity index (χ2v) is 1.70. The number of alkyl halides is 1. The van der Waals surface area contributed by atoms with Crippen molar-refractivity contribution in [3.8, 4) is 0 Å². The number of hydrogen-bond acceptors (Lipinski definition) is 0. The van der Waals surface area contributed by atoms with Gasteiger partial charge in [0.1, 0.15) is 0 Å². The summed E-state index contributed by atoms with van der Waals surface area (Å²) in [4.78, 5) is 0. The normalized spacial score (nSPS) is 33.2. The first-order valence-electron chi connectivity index (χ1n) is 1.23. The van der Waals surface area contributed by atoms with E-state index in [0.29, 0.717) is 5.03 Å². The van der Waals surface area contributed by atoms with E-state index >= 15 is 0 Å². The number of allylic oxidation sites excluding steroid dienone is 2. The zero-order valence-corrected chi connectivity index (χ0v) is 3.85. The first-order valence-corrected chi connectivity index (χ1v) is 2.05. The maximum absolute atomic E-state index is 5.26. The Morgan fingerprint density at radius 2 is 2.00 bits per heavy atom. The van der Waals surface area contributed by atoms with Gasteiger partial charge in [0.25, 0.3) is 0 Å². The summed E-state index contributed by atoms with van der Waals surface area (Å²) in [5.74, 6) is 0. The van der Waals surface area contributed by atoms with Crippen LogP contribution in [0.4, 0.5) is 0 Å². The molecule has 0 aromatic carbocycles. The molecule has 0 fully saturated rings. The Labute approximate surface area is 40.4 Å². The fourth-order valence-corrected chi connectivity index (χ4v) is 0.362. The molecule has 1 aliphatic rings. The Bertz CT molecular complexity index is 75.0. The summed E-state index contributed by atoms with van der Waals surface area (Å²) in [5, 5.41) is 0.614. The molecular formula is C3HCl2. The predicted molar refractivity (Wildman–Crippen MR) is 22.2 cm³/mol. The van der Waals surface area contributed by atoms with Gasteiger partial charge in [-0.25, -0.2) is 0 Å². The van der Waals surface area contributed by atoms with Crippen LogP contribution in [0.15, 0.2) is 5.03 Å². The van der Waals surface area contributed by atoms with Gasteiger partial charge >= 0.3 is 0 Å². The van der Waals surface area contributed by atoms with E-state index in [4.69, 9.17) is 23.2 Å². The molecule has 1 atom stereocenters. The highest BCUT2D eigenvalue weighted by molar-refractivity contribution is 6.41. The topological polar surface area (TPSA) is 0 Å². The minimum atomic E-state index is -0.0448. The molecule has 2 heteroatoms. The molecule has 0 aromatic heterocycles. The van der Waals surface area contributed by atoms with Crippen LogP contribution in [0.1, 0.15) is 0 Å². The standard InChI is InChI=1S/C3HCl2/c4-2-1-3(2)5/h2H. The summed E-state index contributed by atoms with van der Waals surface area (Å²) in [7, 11) is 0. The van der Waals surface area contributed by atoms with Crippen LogP contribution in [0, 0.1) is 6.08 Å². The monoisotopic (exact) mass is 107 g/mol. The molecule has 27 valence electrons. The zero-order valence-electron chi connectivity index (χ0n) is 2.33. The molecule has 0 aliphatic heterocycles.